The summed E-state index contributed by atoms with van der Waals surface area (Å²) in [5, 5.41) is 0. The second-order valence-electron chi connectivity index (χ2n) is 4.48. The van der Waals surface area contributed by atoms with E-state index in [-0.39, 0.29) is 0 Å². The smallest absolute Gasteiger partial charge is 0.164 e. The van der Waals surface area contributed by atoms with Crippen molar-refractivity contribution in [3.63, 3.8) is 0 Å². The first-order chi connectivity index (χ1) is 7.85. The molecule has 1 aromatic carbocycles. The van der Waals surface area contributed by atoms with Crippen LogP contribution in [0.1, 0.15) is 17.0 Å². The minimum absolute atomic E-state index is 0.565. The van der Waals surface area contributed by atoms with E-state index in [9.17, 15) is 0 Å². The lowest BCUT2D eigenvalue weighted by Gasteiger charge is -2.13. The van der Waals surface area contributed by atoms with E-state index in [2.05, 4.69) is 6.07 Å². The number of fused-ring (bicyclic) bond motifs is 3. The van der Waals surface area contributed by atoms with E-state index in [1.807, 2.05) is 6.07 Å². The summed E-state index contributed by atoms with van der Waals surface area (Å²) in [5.41, 5.74) is 2.71. The van der Waals surface area contributed by atoms with E-state index < -0.39 is 0 Å². The van der Waals surface area contributed by atoms with Gasteiger partial charge in [0, 0.05) is 11.5 Å². The molecule has 0 bridgehead atoms. The zero-order valence-corrected chi connectivity index (χ0v) is 9.66. The summed E-state index contributed by atoms with van der Waals surface area (Å²) in [4.78, 5) is 0. The van der Waals surface area contributed by atoms with Gasteiger partial charge < -0.3 is 14.2 Å². The number of benzene rings is 1. The maximum atomic E-state index is 5.53. The summed E-state index contributed by atoms with van der Waals surface area (Å²) in [6.07, 6.45) is 1.06. The fourth-order valence-corrected chi connectivity index (χ4v) is 2.97. The predicted octanol–water partition coefficient (Wildman–Crippen LogP) is 1.99. The third kappa shape index (κ3) is 1.24. The highest BCUT2D eigenvalue weighted by Crippen LogP contribution is 2.48. The molecule has 0 aromatic heterocycles. The zero-order valence-electron chi connectivity index (χ0n) is 9.66. The van der Waals surface area contributed by atoms with Crippen molar-refractivity contribution in [1.82, 2.24) is 0 Å². The van der Waals surface area contributed by atoms with Gasteiger partial charge >= 0.3 is 0 Å². The van der Waals surface area contributed by atoms with Gasteiger partial charge in [-0.05, 0) is 24.0 Å². The van der Waals surface area contributed by atoms with Crippen LogP contribution in [0.4, 0.5) is 0 Å². The van der Waals surface area contributed by atoms with Crippen molar-refractivity contribution in [2.75, 3.05) is 27.4 Å². The van der Waals surface area contributed by atoms with E-state index in [1.165, 1.54) is 11.1 Å². The van der Waals surface area contributed by atoms with Crippen LogP contribution in [0.2, 0.25) is 0 Å². The summed E-state index contributed by atoms with van der Waals surface area (Å²) < 4.78 is 16.3. The van der Waals surface area contributed by atoms with Gasteiger partial charge in [0.25, 0.3) is 0 Å². The monoisotopic (exact) mass is 220 g/mol. The number of methoxy groups -OCH3 is 2. The summed E-state index contributed by atoms with van der Waals surface area (Å²) in [7, 11) is 3.39. The fraction of sp³-hybridized carbons (Fsp3) is 0.538. The average Bonchev–Trinajstić information content (AvgIpc) is 2.87. The quantitative estimate of drug-likeness (QED) is 0.763. The molecule has 0 spiro atoms. The predicted molar refractivity (Wildman–Crippen MR) is 60.3 cm³/mol. The summed E-state index contributed by atoms with van der Waals surface area (Å²) >= 11 is 0. The number of hydrogen-bond acceptors (Lipinski definition) is 3. The second-order valence-corrected chi connectivity index (χ2v) is 4.48. The van der Waals surface area contributed by atoms with Crippen molar-refractivity contribution in [2.45, 2.75) is 12.3 Å². The van der Waals surface area contributed by atoms with Gasteiger partial charge in [-0.15, -0.1) is 0 Å². The van der Waals surface area contributed by atoms with E-state index in [0.717, 1.165) is 31.1 Å². The van der Waals surface area contributed by atoms with Crippen molar-refractivity contribution >= 4 is 0 Å². The van der Waals surface area contributed by atoms with Crippen molar-refractivity contribution in [3.8, 4) is 11.5 Å². The van der Waals surface area contributed by atoms with E-state index in [1.54, 1.807) is 14.2 Å². The fourth-order valence-electron chi connectivity index (χ4n) is 2.97. The molecule has 86 valence electrons. The molecule has 0 saturated carbocycles. The molecule has 0 amide bonds. The highest BCUT2D eigenvalue weighted by molar-refractivity contribution is 5.54. The molecule has 0 N–H and O–H groups in total. The summed E-state index contributed by atoms with van der Waals surface area (Å²) in [6, 6.07) is 4.16. The Balaban J connectivity index is 2.09. The topological polar surface area (TPSA) is 27.7 Å². The Kier molecular flexibility index (Phi) is 2.28. The molecule has 0 radical (unpaired) electrons. The molecule has 1 aliphatic heterocycles. The van der Waals surface area contributed by atoms with Crippen molar-refractivity contribution in [1.29, 1.82) is 0 Å². The Hall–Kier alpha value is -1.22. The van der Waals surface area contributed by atoms with Gasteiger partial charge in [-0.3, -0.25) is 0 Å². The number of rotatable bonds is 2. The Labute approximate surface area is 95.3 Å². The highest BCUT2D eigenvalue weighted by Gasteiger charge is 2.39. The Morgan fingerprint density at radius 1 is 1.19 bits per heavy atom. The van der Waals surface area contributed by atoms with E-state index in [0.29, 0.717) is 11.8 Å². The maximum Gasteiger partial charge on any atom is 0.164 e. The molecule has 2 atom stereocenters. The lowest BCUT2D eigenvalue weighted by Crippen LogP contribution is -2.03. The van der Waals surface area contributed by atoms with Crippen LogP contribution in [0.3, 0.4) is 0 Å². The van der Waals surface area contributed by atoms with Crippen LogP contribution in [0.25, 0.3) is 0 Å². The molecule has 2 aliphatic rings. The molecule has 3 rings (SSSR count). The van der Waals surface area contributed by atoms with Gasteiger partial charge in [-0.25, -0.2) is 0 Å². The van der Waals surface area contributed by atoms with Crippen LogP contribution in [-0.2, 0) is 11.2 Å². The molecule has 16 heavy (non-hydrogen) atoms. The van der Waals surface area contributed by atoms with Gasteiger partial charge in [-0.2, -0.15) is 0 Å². The van der Waals surface area contributed by atoms with Crippen molar-refractivity contribution in [3.05, 3.63) is 23.3 Å². The lowest BCUT2D eigenvalue weighted by atomic mass is 9.97. The molecule has 0 unspecified atom stereocenters. The SMILES string of the molecule is COc1ccc2c(c1OC)C[C@H]1COC[C@@H]21. The van der Waals surface area contributed by atoms with Crippen LogP contribution in [-0.4, -0.2) is 27.4 Å². The molecule has 3 heteroatoms. The van der Waals surface area contributed by atoms with Crippen LogP contribution >= 0.6 is 0 Å². The molecular formula is C13H16O3. The number of ether oxygens (including phenoxy) is 3. The summed E-state index contributed by atoms with van der Waals surface area (Å²) in [5.74, 6) is 2.95. The highest BCUT2D eigenvalue weighted by atomic mass is 16.5. The van der Waals surface area contributed by atoms with Crippen molar-refractivity contribution < 1.29 is 14.2 Å². The zero-order chi connectivity index (χ0) is 11.1. The largest absolute Gasteiger partial charge is 0.493 e. The Morgan fingerprint density at radius 3 is 2.81 bits per heavy atom. The van der Waals surface area contributed by atoms with E-state index in [4.69, 9.17) is 14.2 Å². The van der Waals surface area contributed by atoms with E-state index >= 15 is 0 Å². The van der Waals surface area contributed by atoms with Gasteiger partial charge in [0.1, 0.15) is 0 Å². The molecular weight excluding hydrogens is 204 g/mol. The Bertz CT molecular complexity index is 414. The van der Waals surface area contributed by atoms with Crippen LogP contribution in [0.15, 0.2) is 12.1 Å². The first kappa shape index (κ1) is 9.97. The average molecular weight is 220 g/mol. The maximum absolute atomic E-state index is 5.53. The molecule has 1 heterocycles. The second kappa shape index (κ2) is 3.67. The minimum atomic E-state index is 0.565. The van der Waals surface area contributed by atoms with Crippen LogP contribution in [0.5, 0.6) is 11.5 Å². The van der Waals surface area contributed by atoms with Gasteiger partial charge in [0.2, 0.25) is 0 Å². The standard InChI is InChI=1S/C13H16O3/c1-14-12-4-3-9-10(13(12)15-2)5-8-6-16-7-11(8)9/h3-4,8,11H,5-7H2,1-2H3/t8-,11+/m0/s1. The van der Waals surface area contributed by atoms with Gasteiger partial charge in [0.15, 0.2) is 11.5 Å². The molecule has 1 aromatic rings. The van der Waals surface area contributed by atoms with Gasteiger partial charge in [0.05, 0.1) is 27.4 Å². The molecule has 1 saturated heterocycles. The first-order valence-corrected chi connectivity index (χ1v) is 5.66. The van der Waals surface area contributed by atoms with Gasteiger partial charge in [-0.1, -0.05) is 6.07 Å². The normalized spacial score (nSPS) is 26.4. The minimum Gasteiger partial charge on any atom is -0.493 e. The third-order valence-corrected chi connectivity index (χ3v) is 3.75. The Morgan fingerprint density at radius 2 is 2.06 bits per heavy atom. The lowest BCUT2D eigenvalue weighted by molar-refractivity contribution is 0.182. The number of hydrogen-bond donors (Lipinski definition) is 0. The third-order valence-electron chi connectivity index (χ3n) is 3.75. The summed E-state index contributed by atoms with van der Waals surface area (Å²) in [6.45, 7) is 1.73. The van der Waals surface area contributed by atoms with Crippen LogP contribution in [0, 0.1) is 5.92 Å². The molecule has 1 fully saturated rings. The van der Waals surface area contributed by atoms with Crippen LogP contribution < -0.4 is 9.47 Å². The first-order valence-electron chi connectivity index (χ1n) is 5.66. The molecule has 3 nitrogen and oxygen atoms in total. The molecule has 1 aliphatic carbocycles. The van der Waals surface area contributed by atoms with Crippen molar-refractivity contribution in [2.24, 2.45) is 5.92 Å².